The van der Waals surface area contributed by atoms with Crippen molar-refractivity contribution in [1.29, 1.82) is 0 Å². The summed E-state index contributed by atoms with van der Waals surface area (Å²) in [6.45, 7) is 1.61. The lowest BCUT2D eigenvalue weighted by molar-refractivity contribution is 0.0695. The van der Waals surface area contributed by atoms with Crippen LogP contribution in [0.3, 0.4) is 0 Å². The van der Waals surface area contributed by atoms with Crippen molar-refractivity contribution in [3.8, 4) is 0 Å². The van der Waals surface area contributed by atoms with Gasteiger partial charge in [-0.15, -0.1) is 0 Å². The first kappa shape index (κ1) is 12.5. The number of benzene rings is 1. The fourth-order valence-corrected chi connectivity index (χ4v) is 2.08. The predicted molar refractivity (Wildman–Crippen MR) is 64.3 cm³/mol. The highest BCUT2D eigenvalue weighted by atomic mass is 32.2. The molecule has 0 spiro atoms. The second-order valence-corrected chi connectivity index (χ2v) is 4.55. The molecule has 1 N–H and O–H groups in total. The lowest BCUT2D eigenvalue weighted by Gasteiger charge is -2.03. The number of rotatable bonds is 3. The van der Waals surface area contributed by atoms with Gasteiger partial charge in [-0.3, -0.25) is 0 Å². The summed E-state index contributed by atoms with van der Waals surface area (Å²) in [7, 11) is 0. The van der Waals surface area contributed by atoms with Crippen LogP contribution in [0.4, 0.5) is 4.39 Å². The van der Waals surface area contributed by atoms with Gasteiger partial charge in [0, 0.05) is 11.1 Å². The van der Waals surface area contributed by atoms with E-state index in [1.165, 1.54) is 30.1 Å². The van der Waals surface area contributed by atoms with Gasteiger partial charge in [0.1, 0.15) is 5.82 Å². The summed E-state index contributed by atoms with van der Waals surface area (Å²) in [4.78, 5) is 19.6. The minimum absolute atomic E-state index is 0.0819. The first-order chi connectivity index (χ1) is 8.56. The first-order valence-electron chi connectivity index (χ1n) is 5.06. The van der Waals surface area contributed by atoms with Gasteiger partial charge in [-0.1, -0.05) is 0 Å². The lowest BCUT2D eigenvalue weighted by Crippen LogP contribution is -2.03. The van der Waals surface area contributed by atoms with Crippen LogP contribution in [0.5, 0.6) is 0 Å². The van der Waals surface area contributed by atoms with Crippen LogP contribution in [0.2, 0.25) is 0 Å². The largest absolute Gasteiger partial charge is 0.478 e. The molecule has 2 rings (SSSR count). The minimum Gasteiger partial charge on any atom is -0.478 e. The summed E-state index contributed by atoms with van der Waals surface area (Å²) >= 11 is 1.25. The Bertz CT molecular complexity index is 587. The molecule has 1 aromatic carbocycles. The zero-order valence-corrected chi connectivity index (χ0v) is 10.2. The number of aromatic carboxylic acids is 1. The standard InChI is InChI=1S/C12H9FN2O2S/c1-7-10(11(16)17)6-14-12(15-7)18-9-4-2-8(13)3-5-9/h2-6H,1H3,(H,16,17). The summed E-state index contributed by atoms with van der Waals surface area (Å²) in [5.41, 5.74) is 0.487. The Balaban J connectivity index is 2.22. The van der Waals surface area contributed by atoms with E-state index in [9.17, 15) is 9.18 Å². The van der Waals surface area contributed by atoms with Gasteiger partial charge in [-0.2, -0.15) is 0 Å². The van der Waals surface area contributed by atoms with E-state index in [2.05, 4.69) is 9.97 Å². The van der Waals surface area contributed by atoms with Crippen molar-refractivity contribution in [3.05, 3.63) is 47.5 Å². The number of carboxylic acid groups (broad SMARTS) is 1. The van der Waals surface area contributed by atoms with Crippen LogP contribution in [0.15, 0.2) is 40.5 Å². The van der Waals surface area contributed by atoms with Gasteiger partial charge < -0.3 is 5.11 Å². The zero-order valence-electron chi connectivity index (χ0n) is 9.42. The van der Waals surface area contributed by atoms with Gasteiger partial charge in [-0.25, -0.2) is 19.2 Å². The Kier molecular flexibility index (Phi) is 3.57. The Labute approximate surface area is 107 Å². The molecule has 0 bridgehead atoms. The van der Waals surface area contributed by atoms with E-state index in [0.717, 1.165) is 4.90 Å². The highest BCUT2D eigenvalue weighted by molar-refractivity contribution is 7.99. The molecule has 0 aliphatic rings. The fourth-order valence-electron chi connectivity index (χ4n) is 1.31. The summed E-state index contributed by atoms with van der Waals surface area (Å²) in [6, 6.07) is 5.93. The molecule has 0 radical (unpaired) electrons. The quantitative estimate of drug-likeness (QED) is 0.864. The van der Waals surface area contributed by atoms with Crippen LogP contribution < -0.4 is 0 Å². The second kappa shape index (κ2) is 5.14. The molecule has 0 aliphatic heterocycles. The average Bonchev–Trinajstić information content (AvgIpc) is 2.32. The molecule has 0 saturated heterocycles. The normalized spacial score (nSPS) is 10.3. The number of hydrogen-bond donors (Lipinski definition) is 1. The second-order valence-electron chi connectivity index (χ2n) is 3.51. The van der Waals surface area contributed by atoms with Gasteiger partial charge in [0.05, 0.1) is 11.3 Å². The summed E-state index contributed by atoms with van der Waals surface area (Å²) < 4.78 is 12.7. The third kappa shape index (κ3) is 2.84. The molecular weight excluding hydrogens is 255 g/mol. The van der Waals surface area contributed by atoms with E-state index in [-0.39, 0.29) is 11.4 Å². The number of halogens is 1. The van der Waals surface area contributed by atoms with Crippen molar-refractivity contribution in [1.82, 2.24) is 9.97 Å². The topological polar surface area (TPSA) is 63.1 Å². The molecule has 0 unspecified atom stereocenters. The number of carboxylic acids is 1. The number of carbonyl (C=O) groups is 1. The van der Waals surface area contributed by atoms with Crippen LogP contribution in [0.25, 0.3) is 0 Å². The zero-order chi connectivity index (χ0) is 13.1. The summed E-state index contributed by atoms with van der Waals surface area (Å²) in [5.74, 6) is -1.36. The molecule has 92 valence electrons. The molecule has 18 heavy (non-hydrogen) atoms. The molecule has 0 amide bonds. The minimum atomic E-state index is -1.05. The van der Waals surface area contributed by atoms with Gasteiger partial charge in [0.15, 0.2) is 5.16 Å². The average molecular weight is 264 g/mol. The van der Waals surface area contributed by atoms with E-state index >= 15 is 0 Å². The maximum Gasteiger partial charge on any atom is 0.339 e. The van der Waals surface area contributed by atoms with Crippen LogP contribution in [0.1, 0.15) is 16.1 Å². The van der Waals surface area contributed by atoms with Crippen molar-refractivity contribution in [2.75, 3.05) is 0 Å². The van der Waals surface area contributed by atoms with E-state index < -0.39 is 5.97 Å². The highest BCUT2D eigenvalue weighted by Gasteiger charge is 2.10. The van der Waals surface area contributed by atoms with Crippen LogP contribution in [0, 0.1) is 12.7 Å². The molecule has 0 aliphatic carbocycles. The predicted octanol–water partition coefficient (Wildman–Crippen LogP) is 2.77. The van der Waals surface area contributed by atoms with Crippen molar-refractivity contribution in [2.45, 2.75) is 17.0 Å². The molecule has 2 aromatic rings. The van der Waals surface area contributed by atoms with Crippen LogP contribution in [-0.2, 0) is 0 Å². The van der Waals surface area contributed by atoms with Gasteiger partial charge in [0.2, 0.25) is 0 Å². The first-order valence-corrected chi connectivity index (χ1v) is 5.88. The van der Waals surface area contributed by atoms with E-state index in [0.29, 0.717) is 10.9 Å². The van der Waals surface area contributed by atoms with E-state index in [4.69, 9.17) is 5.11 Å². The highest BCUT2D eigenvalue weighted by Crippen LogP contribution is 2.24. The maximum atomic E-state index is 12.7. The maximum absolute atomic E-state index is 12.7. The SMILES string of the molecule is Cc1nc(Sc2ccc(F)cc2)ncc1C(=O)O. The molecular formula is C12H9FN2O2S. The Morgan fingerprint density at radius 2 is 2.00 bits per heavy atom. The smallest absolute Gasteiger partial charge is 0.339 e. The molecule has 0 atom stereocenters. The molecule has 1 heterocycles. The fraction of sp³-hybridized carbons (Fsp3) is 0.0833. The monoisotopic (exact) mass is 264 g/mol. The third-order valence-corrected chi connectivity index (χ3v) is 3.10. The number of hydrogen-bond acceptors (Lipinski definition) is 4. The van der Waals surface area contributed by atoms with Crippen molar-refractivity contribution in [3.63, 3.8) is 0 Å². The molecule has 6 heteroatoms. The molecule has 0 saturated carbocycles. The van der Waals surface area contributed by atoms with Crippen molar-refractivity contribution in [2.24, 2.45) is 0 Å². The van der Waals surface area contributed by atoms with E-state index in [1.54, 1.807) is 19.1 Å². The number of nitrogens with zero attached hydrogens (tertiary/aromatic N) is 2. The lowest BCUT2D eigenvalue weighted by atomic mass is 10.2. The third-order valence-electron chi connectivity index (χ3n) is 2.21. The van der Waals surface area contributed by atoms with Gasteiger partial charge in [0.25, 0.3) is 0 Å². The molecule has 0 fully saturated rings. The Morgan fingerprint density at radius 3 is 2.56 bits per heavy atom. The van der Waals surface area contributed by atoms with Crippen LogP contribution in [-0.4, -0.2) is 21.0 Å². The van der Waals surface area contributed by atoms with Gasteiger partial charge in [-0.05, 0) is 43.0 Å². The molecule has 1 aromatic heterocycles. The summed E-state index contributed by atoms with van der Waals surface area (Å²) in [5, 5.41) is 9.28. The molecule has 4 nitrogen and oxygen atoms in total. The van der Waals surface area contributed by atoms with Crippen LogP contribution >= 0.6 is 11.8 Å². The van der Waals surface area contributed by atoms with Gasteiger partial charge >= 0.3 is 5.97 Å². The Morgan fingerprint density at radius 1 is 1.33 bits per heavy atom. The number of aromatic nitrogens is 2. The summed E-state index contributed by atoms with van der Waals surface area (Å²) in [6.07, 6.45) is 1.27. The van der Waals surface area contributed by atoms with E-state index in [1.807, 2.05) is 0 Å². The number of aryl methyl sites for hydroxylation is 1. The van der Waals surface area contributed by atoms with Crippen molar-refractivity contribution < 1.29 is 14.3 Å². The Hall–Kier alpha value is -1.95. The van der Waals surface area contributed by atoms with Crippen molar-refractivity contribution >= 4 is 17.7 Å².